The standard InChI is InChI=1S/C14H19N5OS/c1-2-6-17-11(20)5-9-18-14-12(13(15)19-21-14)10-3-7-16-8-4-10/h3-4,7-8,18H,2,5-6,9H2,1H3,(H2,15,19)(H,17,20). The molecule has 0 saturated carbocycles. The number of anilines is 2. The molecule has 0 unspecified atom stereocenters. The second-order valence-electron chi connectivity index (χ2n) is 4.53. The number of amides is 1. The van der Waals surface area contributed by atoms with Gasteiger partial charge in [0.25, 0.3) is 0 Å². The lowest BCUT2D eigenvalue weighted by molar-refractivity contribution is -0.120. The van der Waals surface area contributed by atoms with E-state index in [9.17, 15) is 4.79 Å². The average molecular weight is 305 g/mol. The van der Waals surface area contributed by atoms with Gasteiger partial charge >= 0.3 is 0 Å². The Bertz CT molecular complexity index is 584. The number of nitrogens with two attached hydrogens (primary N) is 1. The molecule has 0 aromatic carbocycles. The zero-order chi connectivity index (χ0) is 15.1. The van der Waals surface area contributed by atoms with Gasteiger partial charge in [0, 0.05) is 31.9 Å². The van der Waals surface area contributed by atoms with Gasteiger partial charge in [0.1, 0.15) is 10.8 Å². The molecule has 0 bridgehead atoms. The maximum Gasteiger partial charge on any atom is 0.221 e. The summed E-state index contributed by atoms with van der Waals surface area (Å²) in [5.41, 5.74) is 7.77. The number of hydrogen-bond donors (Lipinski definition) is 3. The van der Waals surface area contributed by atoms with Crippen LogP contribution in [-0.2, 0) is 4.79 Å². The van der Waals surface area contributed by atoms with E-state index >= 15 is 0 Å². The summed E-state index contributed by atoms with van der Waals surface area (Å²) < 4.78 is 4.18. The summed E-state index contributed by atoms with van der Waals surface area (Å²) in [5, 5.41) is 6.96. The number of pyridine rings is 1. The quantitative estimate of drug-likeness (QED) is 0.728. The molecular weight excluding hydrogens is 286 g/mol. The maximum atomic E-state index is 11.6. The van der Waals surface area contributed by atoms with E-state index in [1.54, 1.807) is 12.4 Å². The highest BCUT2D eigenvalue weighted by Crippen LogP contribution is 2.36. The first kappa shape index (κ1) is 15.2. The molecular formula is C14H19N5OS. The van der Waals surface area contributed by atoms with Gasteiger partial charge in [-0.15, -0.1) is 0 Å². The molecule has 4 N–H and O–H groups in total. The lowest BCUT2D eigenvalue weighted by atomic mass is 10.1. The fraction of sp³-hybridized carbons (Fsp3) is 0.357. The van der Waals surface area contributed by atoms with Crippen LogP contribution in [0.5, 0.6) is 0 Å². The Hall–Kier alpha value is -2.15. The number of rotatable bonds is 7. The van der Waals surface area contributed by atoms with E-state index < -0.39 is 0 Å². The van der Waals surface area contributed by atoms with Gasteiger partial charge in [0.2, 0.25) is 5.91 Å². The second kappa shape index (κ2) is 7.58. The summed E-state index contributed by atoms with van der Waals surface area (Å²) in [6, 6.07) is 3.78. The minimum Gasteiger partial charge on any atom is -0.382 e. The smallest absolute Gasteiger partial charge is 0.221 e. The van der Waals surface area contributed by atoms with Crippen molar-refractivity contribution < 1.29 is 4.79 Å². The molecule has 2 rings (SSSR count). The lowest BCUT2D eigenvalue weighted by Gasteiger charge is -2.07. The van der Waals surface area contributed by atoms with E-state index in [-0.39, 0.29) is 5.91 Å². The highest BCUT2D eigenvalue weighted by atomic mass is 32.1. The van der Waals surface area contributed by atoms with Crippen molar-refractivity contribution in [2.24, 2.45) is 0 Å². The molecule has 7 heteroatoms. The van der Waals surface area contributed by atoms with Gasteiger partial charge in [-0.1, -0.05) is 6.92 Å². The van der Waals surface area contributed by atoms with Crippen molar-refractivity contribution in [2.75, 3.05) is 24.1 Å². The Morgan fingerprint density at radius 1 is 1.33 bits per heavy atom. The third-order valence-corrected chi connectivity index (χ3v) is 3.72. The normalized spacial score (nSPS) is 10.3. The molecule has 0 spiro atoms. The number of carbonyl (C=O) groups excluding carboxylic acids is 1. The Kier molecular flexibility index (Phi) is 5.51. The van der Waals surface area contributed by atoms with Gasteiger partial charge in [-0.05, 0) is 35.6 Å². The molecule has 21 heavy (non-hydrogen) atoms. The van der Waals surface area contributed by atoms with Gasteiger partial charge in [-0.2, -0.15) is 4.37 Å². The molecule has 0 aliphatic rings. The van der Waals surface area contributed by atoms with Crippen LogP contribution in [0.1, 0.15) is 19.8 Å². The lowest BCUT2D eigenvalue weighted by Crippen LogP contribution is -2.25. The topological polar surface area (TPSA) is 92.9 Å². The summed E-state index contributed by atoms with van der Waals surface area (Å²) in [6.07, 6.45) is 4.80. The summed E-state index contributed by atoms with van der Waals surface area (Å²) in [4.78, 5) is 15.6. The number of nitrogens with one attached hydrogen (secondary N) is 2. The Morgan fingerprint density at radius 2 is 2.10 bits per heavy atom. The van der Waals surface area contributed by atoms with Crippen LogP contribution in [0.15, 0.2) is 24.5 Å². The van der Waals surface area contributed by atoms with E-state index in [0.717, 1.165) is 22.5 Å². The molecule has 0 aliphatic heterocycles. The first-order valence-corrected chi connectivity index (χ1v) is 7.65. The van der Waals surface area contributed by atoms with E-state index in [4.69, 9.17) is 5.73 Å². The third kappa shape index (κ3) is 4.16. The predicted octanol–water partition coefficient (Wildman–Crippen LogP) is 2.12. The van der Waals surface area contributed by atoms with Crippen LogP contribution in [-0.4, -0.2) is 28.4 Å². The van der Waals surface area contributed by atoms with Crippen LogP contribution in [0.2, 0.25) is 0 Å². The first-order chi connectivity index (χ1) is 10.2. The van der Waals surface area contributed by atoms with E-state index in [0.29, 0.717) is 25.3 Å². The van der Waals surface area contributed by atoms with Crippen LogP contribution in [0.25, 0.3) is 11.1 Å². The van der Waals surface area contributed by atoms with Crippen LogP contribution in [0.4, 0.5) is 10.8 Å². The fourth-order valence-corrected chi connectivity index (χ4v) is 2.62. The minimum atomic E-state index is 0.0484. The van der Waals surface area contributed by atoms with Crippen molar-refractivity contribution in [3.8, 4) is 11.1 Å². The Morgan fingerprint density at radius 3 is 2.81 bits per heavy atom. The van der Waals surface area contributed by atoms with Crippen molar-refractivity contribution in [1.29, 1.82) is 0 Å². The molecule has 112 valence electrons. The van der Waals surface area contributed by atoms with Crippen molar-refractivity contribution >= 4 is 28.3 Å². The fourth-order valence-electron chi connectivity index (χ4n) is 1.86. The first-order valence-electron chi connectivity index (χ1n) is 6.88. The van der Waals surface area contributed by atoms with Crippen molar-refractivity contribution in [2.45, 2.75) is 19.8 Å². The maximum absolute atomic E-state index is 11.6. The molecule has 0 fully saturated rings. The van der Waals surface area contributed by atoms with Crippen molar-refractivity contribution in [3.63, 3.8) is 0 Å². The van der Waals surface area contributed by atoms with Gasteiger partial charge in [0.15, 0.2) is 0 Å². The van der Waals surface area contributed by atoms with Gasteiger partial charge < -0.3 is 16.4 Å². The SMILES string of the molecule is CCCNC(=O)CCNc1snc(N)c1-c1ccncc1. The molecule has 2 heterocycles. The molecule has 2 aromatic rings. The highest BCUT2D eigenvalue weighted by molar-refractivity contribution is 7.11. The minimum absolute atomic E-state index is 0.0484. The van der Waals surface area contributed by atoms with Crippen molar-refractivity contribution in [1.82, 2.24) is 14.7 Å². The largest absolute Gasteiger partial charge is 0.382 e. The van der Waals surface area contributed by atoms with E-state index in [1.807, 2.05) is 19.1 Å². The van der Waals surface area contributed by atoms with Gasteiger partial charge in [0.05, 0.1) is 5.56 Å². The summed E-state index contributed by atoms with van der Waals surface area (Å²) in [6.45, 7) is 3.30. The molecule has 1 amide bonds. The van der Waals surface area contributed by atoms with Crippen molar-refractivity contribution in [3.05, 3.63) is 24.5 Å². The number of aromatic nitrogens is 2. The third-order valence-electron chi connectivity index (χ3n) is 2.90. The number of nitrogens with zero attached hydrogens (tertiary/aromatic N) is 2. The number of nitrogen functional groups attached to an aromatic ring is 1. The second-order valence-corrected chi connectivity index (χ2v) is 5.31. The monoisotopic (exact) mass is 305 g/mol. The van der Waals surface area contributed by atoms with Gasteiger partial charge in [-0.3, -0.25) is 9.78 Å². The highest BCUT2D eigenvalue weighted by Gasteiger charge is 2.13. The van der Waals surface area contributed by atoms with Gasteiger partial charge in [-0.25, -0.2) is 0 Å². The van der Waals surface area contributed by atoms with E-state index in [2.05, 4.69) is 20.0 Å². The zero-order valence-electron chi connectivity index (χ0n) is 11.9. The molecule has 0 aliphatic carbocycles. The van der Waals surface area contributed by atoms with Crippen LogP contribution >= 0.6 is 11.5 Å². The Labute approximate surface area is 128 Å². The van der Waals surface area contributed by atoms with Crippen LogP contribution in [0.3, 0.4) is 0 Å². The van der Waals surface area contributed by atoms with Crippen LogP contribution in [0, 0.1) is 0 Å². The molecule has 0 atom stereocenters. The average Bonchev–Trinajstić information content (AvgIpc) is 2.87. The molecule has 2 aromatic heterocycles. The summed E-state index contributed by atoms with van der Waals surface area (Å²) in [5.74, 6) is 0.538. The van der Waals surface area contributed by atoms with E-state index in [1.165, 1.54) is 11.5 Å². The summed E-state index contributed by atoms with van der Waals surface area (Å²) in [7, 11) is 0. The molecule has 0 radical (unpaired) electrons. The Balaban J connectivity index is 1.97. The van der Waals surface area contributed by atoms with Crippen LogP contribution < -0.4 is 16.4 Å². The zero-order valence-corrected chi connectivity index (χ0v) is 12.7. The molecule has 0 saturated heterocycles. The number of hydrogen-bond acceptors (Lipinski definition) is 6. The molecule has 6 nitrogen and oxygen atoms in total. The predicted molar refractivity (Wildman–Crippen MR) is 86.2 cm³/mol. The summed E-state index contributed by atoms with van der Waals surface area (Å²) >= 11 is 1.30. The number of carbonyl (C=O) groups is 1.